The molecule has 1 unspecified atom stereocenters. The highest BCUT2D eigenvalue weighted by Crippen LogP contribution is 2.19. The number of likely N-dealkylation sites (tertiary alicyclic amines) is 1. The number of carbonyl (C=O) groups excluding carboxylic acids is 1. The van der Waals surface area contributed by atoms with Gasteiger partial charge in [-0.2, -0.15) is 0 Å². The summed E-state index contributed by atoms with van der Waals surface area (Å²) < 4.78 is 7.53. The van der Waals surface area contributed by atoms with Gasteiger partial charge >= 0.3 is 0 Å². The van der Waals surface area contributed by atoms with Crippen LogP contribution in [0, 0.1) is 0 Å². The number of ether oxygens (including phenoxy) is 1. The van der Waals surface area contributed by atoms with E-state index in [9.17, 15) is 4.79 Å². The summed E-state index contributed by atoms with van der Waals surface area (Å²) in [5.74, 6) is 0.0459. The predicted molar refractivity (Wildman–Crippen MR) is 118 cm³/mol. The maximum Gasteiger partial charge on any atom is 0.217 e. The van der Waals surface area contributed by atoms with Gasteiger partial charge in [0.25, 0.3) is 0 Å². The lowest BCUT2D eigenvalue weighted by atomic mass is 10.1. The molecule has 1 aromatic heterocycles. The normalized spacial score (nSPS) is 18.2. The quantitative estimate of drug-likeness (QED) is 0.643. The Morgan fingerprint density at radius 3 is 3.07 bits per heavy atom. The van der Waals surface area contributed by atoms with Gasteiger partial charge in [-0.05, 0) is 44.0 Å². The first-order chi connectivity index (χ1) is 14.0. The zero-order valence-corrected chi connectivity index (χ0v) is 18.6. The van der Waals surface area contributed by atoms with Crippen molar-refractivity contribution < 1.29 is 9.53 Å². The highest BCUT2D eigenvalue weighted by atomic mass is 35.5. The van der Waals surface area contributed by atoms with E-state index >= 15 is 0 Å². The number of benzene rings is 1. The maximum absolute atomic E-state index is 11.4. The molecule has 1 aliphatic rings. The van der Waals surface area contributed by atoms with Gasteiger partial charge in [0.15, 0.2) is 4.80 Å². The molecule has 1 fully saturated rings. The van der Waals surface area contributed by atoms with Crippen molar-refractivity contribution in [3.8, 4) is 0 Å². The largest absolute Gasteiger partial charge is 0.385 e. The van der Waals surface area contributed by atoms with Crippen LogP contribution in [0.4, 0.5) is 5.69 Å². The van der Waals surface area contributed by atoms with Crippen molar-refractivity contribution in [3.05, 3.63) is 45.2 Å². The number of halogens is 1. The average molecular weight is 437 g/mol. The van der Waals surface area contributed by atoms with Crippen molar-refractivity contribution in [3.63, 3.8) is 0 Å². The third-order valence-corrected chi connectivity index (χ3v) is 6.09. The molecule has 2 aromatic rings. The molecule has 1 amide bonds. The Morgan fingerprint density at radius 1 is 1.45 bits per heavy atom. The van der Waals surface area contributed by atoms with Crippen LogP contribution in [-0.4, -0.2) is 48.2 Å². The molecule has 8 heteroatoms. The number of thiazole rings is 1. The number of rotatable bonds is 8. The molecule has 1 aliphatic heterocycles. The summed E-state index contributed by atoms with van der Waals surface area (Å²) in [5, 5.41) is 5.94. The number of hydrogen-bond acceptors (Lipinski definition) is 5. The molecule has 1 N–H and O–H groups in total. The molecule has 1 aromatic carbocycles. The minimum absolute atomic E-state index is 0.0459. The van der Waals surface area contributed by atoms with Crippen molar-refractivity contribution >= 4 is 34.5 Å². The van der Waals surface area contributed by atoms with Crippen LogP contribution in [0.1, 0.15) is 31.9 Å². The number of piperidine rings is 1. The molecule has 1 saturated heterocycles. The molecule has 0 bridgehead atoms. The predicted octanol–water partition coefficient (Wildman–Crippen LogP) is 3.57. The molecular formula is C21H29ClN4O2S. The molecular weight excluding hydrogens is 408 g/mol. The second kappa shape index (κ2) is 10.9. The highest BCUT2D eigenvalue weighted by Gasteiger charge is 2.21. The summed E-state index contributed by atoms with van der Waals surface area (Å²) >= 11 is 7.77. The lowest BCUT2D eigenvalue weighted by Crippen LogP contribution is -2.47. The highest BCUT2D eigenvalue weighted by molar-refractivity contribution is 7.07. The van der Waals surface area contributed by atoms with Gasteiger partial charge in [-0.25, -0.2) is 4.99 Å². The van der Waals surface area contributed by atoms with Crippen LogP contribution in [0.25, 0.3) is 0 Å². The first-order valence-corrected chi connectivity index (χ1v) is 11.3. The molecule has 0 radical (unpaired) electrons. The molecule has 158 valence electrons. The molecule has 0 saturated carbocycles. The molecule has 0 spiro atoms. The molecule has 1 atom stereocenters. The van der Waals surface area contributed by atoms with E-state index in [1.807, 2.05) is 24.3 Å². The number of hydrogen-bond donors (Lipinski definition) is 1. The second-order valence-corrected chi connectivity index (χ2v) is 8.65. The van der Waals surface area contributed by atoms with Crippen LogP contribution in [0.2, 0.25) is 5.02 Å². The van der Waals surface area contributed by atoms with Crippen LogP contribution >= 0.6 is 22.9 Å². The van der Waals surface area contributed by atoms with Gasteiger partial charge < -0.3 is 14.6 Å². The third-order valence-electron chi connectivity index (χ3n) is 4.94. The van der Waals surface area contributed by atoms with E-state index < -0.39 is 0 Å². The Balaban J connectivity index is 1.80. The summed E-state index contributed by atoms with van der Waals surface area (Å²) in [6, 6.07) is 7.85. The molecule has 0 aliphatic carbocycles. The average Bonchev–Trinajstić information content (AvgIpc) is 3.03. The van der Waals surface area contributed by atoms with Crippen LogP contribution in [-0.2, 0) is 22.6 Å². The van der Waals surface area contributed by atoms with Gasteiger partial charge in [0, 0.05) is 62.4 Å². The van der Waals surface area contributed by atoms with E-state index in [1.54, 1.807) is 25.4 Å². The summed E-state index contributed by atoms with van der Waals surface area (Å²) in [7, 11) is 1.73. The molecule has 3 rings (SSSR count). The lowest BCUT2D eigenvalue weighted by Gasteiger charge is -2.33. The van der Waals surface area contributed by atoms with E-state index in [0.717, 1.165) is 55.9 Å². The standard InChI is InChI=1S/C21H29ClN4O2S/c1-16(27)23-19-8-4-9-25(13-19)14-20-15-29-21(26(20)10-5-11-28-2)24-18-7-3-6-17(22)12-18/h3,6-7,12,15,19H,4-5,8-11,13-14H2,1-2H3,(H,23,27). The fourth-order valence-corrected chi connectivity index (χ4v) is 4.80. The Bertz CT molecular complexity index is 880. The maximum atomic E-state index is 11.4. The van der Waals surface area contributed by atoms with E-state index in [2.05, 4.69) is 20.2 Å². The van der Waals surface area contributed by atoms with Gasteiger partial charge in [0.2, 0.25) is 5.91 Å². The lowest BCUT2D eigenvalue weighted by molar-refractivity contribution is -0.120. The van der Waals surface area contributed by atoms with E-state index in [1.165, 1.54) is 5.69 Å². The van der Waals surface area contributed by atoms with Crippen LogP contribution in [0.15, 0.2) is 34.6 Å². The van der Waals surface area contributed by atoms with Gasteiger partial charge in [0.1, 0.15) is 0 Å². The van der Waals surface area contributed by atoms with E-state index in [4.69, 9.17) is 21.3 Å². The Morgan fingerprint density at radius 2 is 2.31 bits per heavy atom. The van der Waals surface area contributed by atoms with E-state index in [-0.39, 0.29) is 11.9 Å². The number of aromatic nitrogens is 1. The first kappa shape index (κ1) is 22.0. The Kier molecular flexibility index (Phi) is 8.29. The number of nitrogens with zero attached hydrogens (tertiary/aromatic N) is 3. The number of carbonyl (C=O) groups is 1. The van der Waals surface area contributed by atoms with Crippen molar-refractivity contribution in [1.82, 2.24) is 14.8 Å². The second-order valence-electron chi connectivity index (χ2n) is 7.37. The van der Waals surface area contributed by atoms with Gasteiger partial charge in [-0.3, -0.25) is 9.69 Å². The molecule has 29 heavy (non-hydrogen) atoms. The van der Waals surface area contributed by atoms with Gasteiger partial charge in [-0.15, -0.1) is 11.3 Å². The monoisotopic (exact) mass is 436 g/mol. The van der Waals surface area contributed by atoms with Gasteiger partial charge in [0.05, 0.1) is 5.69 Å². The summed E-state index contributed by atoms with van der Waals surface area (Å²) in [6.45, 7) is 5.94. The summed E-state index contributed by atoms with van der Waals surface area (Å²) in [6.07, 6.45) is 3.07. The topological polar surface area (TPSA) is 58.9 Å². The SMILES string of the molecule is COCCCn1c(CN2CCCC(NC(C)=O)C2)csc1=Nc1cccc(Cl)c1. The van der Waals surface area contributed by atoms with E-state index in [0.29, 0.717) is 11.6 Å². The van der Waals surface area contributed by atoms with Crippen LogP contribution in [0.5, 0.6) is 0 Å². The third kappa shape index (κ3) is 6.67. The number of methoxy groups -OCH3 is 1. The fraction of sp³-hybridized carbons (Fsp3) is 0.524. The van der Waals surface area contributed by atoms with Crippen molar-refractivity contribution in [2.45, 2.75) is 45.3 Å². The van der Waals surface area contributed by atoms with Crippen LogP contribution < -0.4 is 10.1 Å². The van der Waals surface area contributed by atoms with Crippen molar-refractivity contribution in [2.75, 3.05) is 26.8 Å². The zero-order chi connectivity index (χ0) is 20.6. The molecule has 2 heterocycles. The number of nitrogens with one attached hydrogen (secondary N) is 1. The summed E-state index contributed by atoms with van der Waals surface area (Å²) in [5.41, 5.74) is 2.10. The van der Waals surface area contributed by atoms with Crippen molar-refractivity contribution in [2.24, 2.45) is 4.99 Å². The smallest absolute Gasteiger partial charge is 0.217 e. The molecule has 6 nitrogen and oxygen atoms in total. The summed E-state index contributed by atoms with van der Waals surface area (Å²) in [4.78, 5) is 19.6. The Hall–Kier alpha value is -1.67. The minimum atomic E-state index is 0.0459. The number of amides is 1. The Labute approximate surface area is 181 Å². The minimum Gasteiger partial charge on any atom is -0.385 e. The zero-order valence-electron chi connectivity index (χ0n) is 17.1. The van der Waals surface area contributed by atoms with Crippen molar-refractivity contribution in [1.29, 1.82) is 0 Å². The van der Waals surface area contributed by atoms with Gasteiger partial charge in [-0.1, -0.05) is 17.7 Å². The first-order valence-electron chi connectivity index (χ1n) is 10.0. The van der Waals surface area contributed by atoms with Crippen LogP contribution in [0.3, 0.4) is 0 Å². The fourth-order valence-electron chi connectivity index (χ4n) is 3.68.